The summed E-state index contributed by atoms with van der Waals surface area (Å²) in [6.07, 6.45) is 19.7. The predicted molar refractivity (Wildman–Crippen MR) is 91.5 cm³/mol. The highest BCUT2D eigenvalue weighted by Crippen LogP contribution is 2.10. The first-order chi connectivity index (χ1) is 10.3. The largest absolute Gasteiger partial charge is 0.466 e. The summed E-state index contributed by atoms with van der Waals surface area (Å²) in [5.74, 6) is -0.0133. The second-order valence-electron chi connectivity index (χ2n) is 5.85. The molecule has 0 aliphatic heterocycles. The minimum atomic E-state index is -0.0133. The number of allylic oxidation sites excluding steroid dienone is 2. The van der Waals surface area contributed by atoms with Crippen molar-refractivity contribution in [3.05, 3.63) is 12.2 Å². The summed E-state index contributed by atoms with van der Waals surface area (Å²) in [4.78, 5) is 11.4. The Hall–Kier alpha value is -0.790. The number of hydrogen-bond acceptors (Lipinski definition) is 2. The molecule has 0 aromatic heterocycles. The molecule has 0 rings (SSSR count). The van der Waals surface area contributed by atoms with Gasteiger partial charge in [0.25, 0.3) is 0 Å². The van der Waals surface area contributed by atoms with Crippen LogP contribution in [0.5, 0.6) is 0 Å². The Balaban J connectivity index is 3.15. The summed E-state index contributed by atoms with van der Waals surface area (Å²) >= 11 is 0. The van der Waals surface area contributed by atoms with E-state index in [1.54, 1.807) is 0 Å². The Morgan fingerprint density at radius 2 is 1.33 bits per heavy atom. The maximum Gasteiger partial charge on any atom is 0.305 e. The number of esters is 1. The third-order valence-corrected chi connectivity index (χ3v) is 3.65. The van der Waals surface area contributed by atoms with Gasteiger partial charge in [-0.2, -0.15) is 0 Å². The highest BCUT2D eigenvalue weighted by atomic mass is 16.5. The monoisotopic (exact) mass is 296 g/mol. The third kappa shape index (κ3) is 17.2. The predicted octanol–water partition coefficient (Wildman–Crippen LogP) is 6.20. The van der Waals surface area contributed by atoms with Gasteiger partial charge in [-0.25, -0.2) is 0 Å². The molecule has 0 heterocycles. The van der Waals surface area contributed by atoms with Crippen LogP contribution in [0.3, 0.4) is 0 Å². The van der Waals surface area contributed by atoms with E-state index in [1.807, 2.05) is 0 Å². The average Bonchev–Trinajstić information content (AvgIpc) is 2.48. The molecule has 2 heteroatoms. The molecule has 0 bridgehead atoms. The van der Waals surface area contributed by atoms with E-state index in [0.29, 0.717) is 13.0 Å². The molecule has 21 heavy (non-hydrogen) atoms. The van der Waals surface area contributed by atoms with Crippen molar-refractivity contribution in [2.75, 3.05) is 6.61 Å². The van der Waals surface area contributed by atoms with Crippen molar-refractivity contribution in [1.29, 1.82) is 0 Å². The number of hydrogen-bond donors (Lipinski definition) is 0. The molecule has 0 N–H and O–H groups in total. The number of rotatable bonds is 15. The van der Waals surface area contributed by atoms with E-state index in [0.717, 1.165) is 25.7 Å². The summed E-state index contributed by atoms with van der Waals surface area (Å²) in [6, 6.07) is 0. The van der Waals surface area contributed by atoms with Crippen molar-refractivity contribution >= 4 is 5.97 Å². The van der Waals surface area contributed by atoms with Crippen LogP contribution < -0.4 is 0 Å². The van der Waals surface area contributed by atoms with Gasteiger partial charge in [0.15, 0.2) is 0 Å². The van der Waals surface area contributed by atoms with Crippen LogP contribution in [0.2, 0.25) is 0 Å². The summed E-state index contributed by atoms with van der Waals surface area (Å²) < 4.78 is 5.14. The molecule has 0 aliphatic rings. The molecule has 0 aromatic carbocycles. The van der Waals surface area contributed by atoms with E-state index in [2.05, 4.69) is 26.0 Å². The Labute approximate surface area is 132 Å². The molecule has 0 amide bonds. The molecular weight excluding hydrogens is 260 g/mol. The van der Waals surface area contributed by atoms with Gasteiger partial charge in [0.2, 0.25) is 0 Å². The zero-order chi connectivity index (χ0) is 15.6. The Morgan fingerprint density at radius 3 is 2.00 bits per heavy atom. The first kappa shape index (κ1) is 20.2. The highest BCUT2D eigenvalue weighted by molar-refractivity contribution is 5.69. The van der Waals surface area contributed by atoms with Crippen molar-refractivity contribution in [1.82, 2.24) is 0 Å². The molecule has 0 unspecified atom stereocenters. The molecule has 0 aromatic rings. The Morgan fingerprint density at radius 1 is 0.762 bits per heavy atom. The minimum absolute atomic E-state index is 0.0133. The van der Waals surface area contributed by atoms with Crippen LogP contribution in [-0.2, 0) is 9.53 Å². The van der Waals surface area contributed by atoms with Crippen molar-refractivity contribution < 1.29 is 9.53 Å². The topological polar surface area (TPSA) is 26.3 Å². The quantitative estimate of drug-likeness (QED) is 0.204. The number of ether oxygens (including phenoxy) is 1. The highest BCUT2D eigenvalue weighted by Gasteiger charge is 2.01. The van der Waals surface area contributed by atoms with Crippen molar-refractivity contribution in [2.24, 2.45) is 0 Å². The van der Waals surface area contributed by atoms with E-state index in [1.165, 1.54) is 51.4 Å². The van der Waals surface area contributed by atoms with E-state index >= 15 is 0 Å². The smallest absolute Gasteiger partial charge is 0.305 e. The molecule has 0 radical (unpaired) electrons. The zero-order valence-corrected chi connectivity index (χ0v) is 14.4. The van der Waals surface area contributed by atoms with Crippen LogP contribution in [0, 0.1) is 0 Å². The van der Waals surface area contributed by atoms with Crippen molar-refractivity contribution in [3.8, 4) is 0 Å². The molecule has 0 saturated heterocycles. The lowest BCUT2D eigenvalue weighted by Gasteiger charge is -2.03. The minimum Gasteiger partial charge on any atom is -0.466 e. The van der Waals surface area contributed by atoms with Crippen molar-refractivity contribution in [2.45, 2.75) is 97.3 Å². The Bertz CT molecular complexity index is 246. The van der Waals surface area contributed by atoms with Gasteiger partial charge in [-0.1, -0.05) is 70.9 Å². The van der Waals surface area contributed by atoms with Crippen LogP contribution in [0.25, 0.3) is 0 Å². The summed E-state index contributed by atoms with van der Waals surface area (Å²) in [6.45, 7) is 4.94. The van der Waals surface area contributed by atoms with Gasteiger partial charge < -0.3 is 4.74 Å². The van der Waals surface area contributed by atoms with Crippen molar-refractivity contribution in [3.63, 3.8) is 0 Å². The fraction of sp³-hybridized carbons (Fsp3) is 0.842. The van der Waals surface area contributed by atoms with Crippen LogP contribution in [-0.4, -0.2) is 12.6 Å². The van der Waals surface area contributed by atoms with E-state index < -0.39 is 0 Å². The van der Waals surface area contributed by atoms with Crippen LogP contribution in [0.1, 0.15) is 97.3 Å². The van der Waals surface area contributed by atoms with E-state index in [-0.39, 0.29) is 5.97 Å². The lowest BCUT2D eigenvalue weighted by molar-refractivity contribution is -0.143. The SMILES string of the molecule is CCCC/C=C\CCCCCCCCC(=O)OCCCC. The molecule has 124 valence electrons. The van der Waals surface area contributed by atoms with Crippen LogP contribution in [0.4, 0.5) is 0 Å². The number of carbonyl (C=O) groups is 1. The first-order valence-electron chi connectivity index (χ1n) is 9.11. The maximum atomic E-state index is 11.4. The molecule has 0 spiro atoms. The average molecular weight is 296 g/mol. The van der Waals surface area contributed by atoms with E-state index in [9.17, 15) is 4.79 Å². The third-order valence-electron chi connectivity index (χ3n) is 3.65. The first-order valence-corrected chi connectivity index (χ1v) is 9.11. The lowest BCUT2D eigenvalue weighted by Crippen LogP contribution is -2.05. The van der Waals surface area contributed by atoms with Crippen LogP contribution in [0.15, 0.2) is 12.2 Å². The summed E-state index contributed by atoms with van der Waals surface area (Å²) in [5.41, 5.74) is 0. The van der Waals surface area contributed by atoms with Gasteiger partial charge >= 0.3 is 5.97 Å². The van der Waals surface area contributed by atoms with Gasteiger partial charge in [-0.05, 0) is 32.1 Å². The number of unbranched alkanes of at least 4 members (excludes halogenated alkanes) is 9. The van der Waals surface area contributed by atoms with Gasteiger partial charge in [0.1, 0.15) is 0 Å². The van der Waals surface area contributed by atoms with Gasteiger partial charge in [0, 0.05) is 6.42 Å². The summed E-state index contributed by atoms with van der Waals surface area (Å²) in [5, 5.41) is 0. The fourth-order valence-electron chi connectivity index (χ4n) is 2.20. The van der Waals surface area contributed by atoms with Crippen LogP contribution >= 0.6 is 0 Å². The van der Waals surface area contributed by atoms with Gasteiger partial charge in [-0.3, -0.25) is 4.79 Å². The normalized spacial score (nSPS) is 11.1. The molecule has 0 aliphatic carbocycles. The Kier molecular flexibility index (Phi) is 16.6. The zero-order valence-electron chi connectivity index (χ0n) is 14.4. The van der Waals surface area contributed by atoms with E-state index in [4.69, 9.17) is 4.74 Å². The van der Waals surface area contributed by atoms with Gasteiger partial charge in [-0.15, -0.1) is 0 Å². The van der Waals surface area contributed by atoms with Gasteiger partial charge in [0.05, 0.1) is 6.61 Å². The summed E-state index contributed by atoms with van der Waals surface area (Å²) in [7, 11) is 0. The molecule has 0 saturated carbocycles. The maximum absolute atomic E-state index is 11.4. The number of carbonyl (C=O) groups excluding carboxylic acids is 1. The molecule has 2 nitrogen and oxygen atoms in total. The molecule has 0 fully saturated rings. The fourth-order valence-corrected chi connectivity index (χ4v) is 2.20. The standard InChI is InChI=1S/C19H36O2/c1-3-5-7-8-9-10-11-12-13-14-15-16-17-19(20)21-18-6-4-2/h8-9H,3-7,10-18H2,1-2H3/b9-8-. The molecule has 0 atom stereocenters. The second-order valence-corrected chi connectivity index (χ2v) is 5.85. The molecular formula is C19H36O2. The second kappa shape index (κ2) is 17.3. The lowest BCUT2D eigenvalue weighted by atomic mass is 10.1.